The van der Waals surface area contributed by atoms with Crippen LogP contribution in [0.15, 0.2) is 52.5 Å². The molecule has 1 aromatic heterocycles. The zero-order valence-electron chi connectivity index (χ0n) is 12.1. The van der Waals surface area contributed by atoms with E-state index < -0.39 is 5.51 Å². The summed E-state index contributed by atoms with van der Waals surface area (Å²) in [5, 5.41) is 3.29. The van der Waals surface area contributed by atoms with Gasteiger partial charge in [0.15, 0.2) is 0 Å². The van der Waals surface area contributed by atoms with E-state index in [1.165, 1.54) is 36.0 Å². The molecule has 0 unspecified atom stereocenters. The van der Waals surface area contributed by atoms with Crippen molar-refractivity contribution in [2.24, 2.45) is 0 Å². The lowest BCUT2D eigenvalue weighted by Gasteiger charge is -2.09. The van der Waals surface area contributed by atoms with Crippen LogP contribution >= 0.6 is 23.5 Å². The van der Waals surface area contributed by atoms with Crippen LogP contribution < -0.4 is 5.32 Å². The first-order valence-electron chi connectivity index (χ1n) is 6.64. The van der Waals surface area contributed by atoms with Crippen molar-refractivity contribution >= 4 is 35.1 Å². The molecule has 0 saturated heterocycles. The number of carbonyl (C=O) groups excluding carboxylic acids is 1. The second kappa shape index (κ2) is 7.74. The average molecular weight is 358 g/mol. The number of alkyl halides is 3. The lowest BCUT2D eigenvalue weighted by atomic mass is 10.2. The Morgan fingerprint density at radius 3 is 2.52 bits per heavy atom. The number of nitrogens with one attached hydrogen (secondary N) is 1. The third-order valence-electron chi connectivity index (χ3n) is 2.64. The molecule has 8 heteroatoms. The molecule has 2 rings (SSSR count). The predicted molar refractivity (Wildman–Crippen MR) is 86.9 cm³/mol. The van der Waals surface area contributed by atoms with Crippen LogP contribution in [-0.4, -0.2) is 22.2 Å². The number of hydrogen-bond acceptors (Lipinski definition) is 4. The Bertz CT molecular complexity index is 675. The van der Waals surface area contributed by atoms with Crippen LogP contribution in [0.25, 0.3) is 0 Å². The molecule has 0 fully saturated rings. The zero-order chi connectivity index (χ0) is 16.9. The molecule has 0 saturated carbocycles. The Morgan fingerprint density at radius 2 is 1.91 bits per heavy atom. The van der Waals surface area contributed by atoms with E-state index in [0.29, 0.717) is 16.3 Å². The number of nitrogens with zero attached hydrogens (tertiary/aromatic N) is 1. The second-order valence-electron chi connectivity index (χ2n) is 4.32. The van der Waals surface area contributed by atoms with Crippen molar-refractivity contribution in [3.8, 4) is 0 Å². The van der Waals surface area contributed by atoms with Gasteiger partial charge >= 0.3 is 5.51 Å². The molecular weight excluding hydrogens is 345 g/mol. The molecule has 3 nitrogen and oxygen atoms in total. The molecule has 0 atom stereocenters. The third-order valence-corrected chi connectivity index (χ3v) is 4.27. The Morgan fingerprint density at radius 1 is 1.22 bits per heavy atom. The number of hydrogen-bond donors (Lipinski definition) is 1. The standard InChI is InChI=1S/C15H13F3N2OS2/c1-2-22-14-12(4-3-9-19-14)13(21)20-10-5-7-11(8-6-10)23-15(16,17)18/h3-9H,2H2,1H3,(H,20,21). The van der Waals surface area contributed by atoms with Crippen LogP contribution in [0.3, 0.4) is 0 Å². The average Bonchev–Trinajstić information content (AvgIpc) is 2.48. The van der Waals surface area contributed by atoms with Gasteiger partial charge in [0.2, 0.25) is 0 Å². The van der Waals surface area contributed by atoms with E-state index in [1.807, 2.05) is 6.92 Å². The lowest BCUT2D eigenvalue weighted by molar-refractivity contribution is -0.0328. The number of pyridine rings is 1. The summed E-state index contributed by atoms with van der Waals surface area (Å²) in [4.78, 5) is 16.5. The van der Waals surface area contributed by atoms with Gasteiger partial charge in [0.05, 0.1) is 5.56 Å². The lowest BCUT2D eigenvalue weighted by Crippen LogP contribution is -2.13. The number of amides is 1. The SMILES string of the molecule is CCSc1ncccc1C(=O)Nc1ccc(SC(F)(F)F)cc1. The van der Waals surface area contributed by atoms with Gasteiger partial charge < -0.3 is 5.32 Å². The van der Waals surface area contributed by atoms with Gasteiger partial charge in [-0.1, -0.05) is 6.92 Å². The van der Waals surface area contributed by atoms with Crippen LogP contribution in [0.2, 0.25) is 0 Å². The molecule has 0 radical (unpaired) electrons. The summed E-state index contributed by atoms with van der Waals surface area (Å²) in [6.45, 7) is 1.96. The maximum Gasteiger partial charge on any atom is 0.446 e. The molecule has 1 heterocycles. The van der Waals surface area contributed by atoms with E-state index in [0.717, 1.165) is 5.75 Å². The van der Waals surface area contributed by atoms with Crippen molar-refractivity contribution in [3.63, 3.8) is 0 Å². The Hall–Kier alpha value is -1.67. The molecule has 122 valence electrons. The van der Waals surface area contributed by atoms with Crippen LogP contribution in [0, 0.1) is 0 Å². The molecule has 2 aromatic rings. The maximum absolute atomic E-state index is 12.3. The van der Waals surface area contributed by atoms with E-state index in [9.17, 15) is 18.0 Å². The Kier molecular flexibility index (Phi) is 5.95. The highest BCUT2D eigenvalue weighted by Gasteiger charge is 2.29. The molecule has 1 aromatic carbocycles. The maximum atomic E-state index is 12.3. The first kappa shape index (κ1) is 17.7. The van der Waals surface area contributed by atoms with Crippen LogP contribution in [-0.2, 0) is 0 Å². The first-order chi connectivity index (χ1) is 10.9. The number of rotatable bonds is 5. The van der Waals surface area contributed by atoms with Gasteiger partial charge in [-0.2, -0.15) is 13.2 Å². The summed E-state index contributed by atoms with van der Waals surface area (Å²) in [6, 6.07) is 8.84. The van der Waals surface area contributed by atoms with E-state index in [1.54, 1.807) is 18.3 Å². The monoisotopic (exact) mass is 358 g/mol. The zero-order valence-corrected chi connectivity index (χ0v) is 13.7. The Balaban J connectivity index is 2.09. The second-order valence-corrected chi connectivity index (χ2v) is 6.71. The van der Waals surface area contributed by atoms with Crippen LogP contribution in [0.1, 0.15) is 17.3 Å². The van der Waals surface area contributed by atoms with Crippen LogP contribution in [0.5, 0.6) is 0 Å². The highest BCUT2D eigenvalue weighted by atomic mass is 32.2. The number of thioether (sulfide) groups is 2. The van der Waals surface area contributed by atoms with E-state index in [2.05, 4.69) is 10.3 Å². The van der Waals surface area contributed by atoms with Crippen LogP contribution in [0.4, 0.5) is 18.9 Å². The highest BCUT2D eigenvalue weighted by Crippen LogP contribution is 2.37. The van der Waals surface area contributed by atoms with Crippen molar-refractivity contribution < 1.29 is 18.0 Å². The predicted octanol–water partition coefficient (Wildman–Crippen LogP) is 5.06. The molecule has 0 bridgehead atoms. The van der Waals surface area contributed by atoms with Gasteiger partial charge in [0, 0.05) is 16.8 Å². The highest BCUT2D eigenvalue weighted by molar-refractivity contribution is 8.00. The molecule has 0 aliphatic carbocycles. The van der Waals surface area contributed by atoms with Gasteiger partial charge in [-0.25, -0.2) is 4.98 Å². The molecule has 0 spiro atoms. The third kappa shape index (κ3) is 5.47. The molecular formula is C15H13F3N2OS2. The summed E-state index contributed by atoms with van der Waals surface area (Å²) in [5.74, 6) is 0.436. The Labute approximate surface area is 140 Å². The minimum absolute atomic E-state index is 0.0686. The van der Waals surface area contributed by atoms with Crippen molar-refractivity contribution in [2.45, 2.75) is 22.4 Å². The minimum atomic E-state index is -4.33. The molecule has 0 aliphatic heterocycles. The fourth-order valence-corrected chi connectivity index (χ4v) is 3.02. The van der Waals surface area contributed by atoms with Gasteiger partial charge in [0.1, 0.15) is 5.03 Å². The fraction of sp³-hybridized carbons (Fsp3) is 0.200. The van der Waals surface area contributed by atoms with Crippen molar-refractivity contribution in [1.82, 2.24) is 4.98 Å². The van der Waals surface area contributed by atoms with Crippen molar-refractivity contribution in [3.05, 3.63) is 48.2 Å². The molecule has 23 heavy (non-hydrogen) atoms. The summed E-state index contributed by atoms with van der Waals surface area (Å²) in [7, 11) is 0. The van der Waals surface area contributed by atoms with Crippen molar-refractivity contribution in [1.29, 1.82) is 0 Å². The van der Waals surface area contributed by atoms with Gasteiger partial charge in [0.25, 0.3) is 5.91 Å². The largest absolute Gasteiger partial charge is 0.446 e. The molecule has 1 N–H and O–H groups in total. The normalized spacial score (nSPS) is 11.3. The number of benzene rings is 1. The van der Waals surface area contributed by atoms with E-state index >= 15 is 0 Å². The molecule has 0 aliphatic rings. The summed E-state index contributed by atoms with van der Waals surface area (Å²) in [6.07, 6.45) is 1.61. The fourth-order valence-electron chi connectivity index (χ4n) is 1.75. The minimum Gasteiger partial charge on any atom is -0.322 e. The topological polar surface area (TPSA) is 42.0 Å². The summed E-state index contributed by atoms with van der Waals surface area (Å²) < 4.78 is 36.8. The van der Waals surface area contributed by atoms with Gasteiger partial charge in [-0.05, 0) is 53.9 Å². The number of halogens is 3. The van der Waals surface area contributed by atoms with Gasteiger partial charge in [-0.15, -0.1) is 11.8 Å². The smallest absolute Gasteiger partial charge is 0.322 e. The van der Waals surface area contributed by atoms with E-state index in [-0.39, 0.29) is 22.6 Å². The number of anilines is 1. The molecule has 1 amide bonds. The summed E-state index contributed by atoms with van der Waals surface area (Å²) in [5.41, 5.74) is -3.46. The summed E-state index contributed by atoms with van der Waals surface area (Å²) >= 11 is 1.26. The van der Waals surface area contributed by atoms with E-state index in [4.69, 9.17) is 0 Å². The van der Waals surface area contributed by atoms with Gasteiger partial charge in [-0.3, -0.25) is 4.79 Å². The first-order valence-corrected chi connectivity index (χ1v) is 8.44. The van der Waals surface area contributed by atoms with Crippen molar-refractivity contribution in [2.75, 3.05) is 11.1 Å². The number of carbonyl (C=O) groups is 1. The quantitative estimate of drug-likeness (QED) is 0.759. The number of aromatic nitrogens is 1.